The number of nitrogens with one attached hydrogen (secondary N) is 2. The van der Waals surface area contributed by atoms with Gasteiger partial charge in [-0.3, -0.25) is 4.99 Å². The molecule has 0 radical (unpaired) electrons. The molecule has 1 unspecified atom stereocenters. The van der Waals surface area contributed by atoms with Gasteiger partial charge < -0.3 is 15.5 Å². The van der Waals surface area contributed by atoms with E-state index in [9.17, 15) is 0 Å². The molecule has 1 aliphatic heterocycles. The van der Waals surface area contributed by atoms with E-state index in [-0.39, 0.29) is 24.0 Å². The van der Waals surface area contributed by atoms with Gasteiger partial charge in [0.15, 0.2) is 5.96 Å². The molecular formula is C17H37IN4. The van der Waals surface area contributed by atoms with Crippen molar-refractivity contribution in [1.29, 1.82) is 0 Å². The van der Waals surface area contributed by atoms with Crippen LogP contribution in [0, 0.1) is 11.3 Å². The lowest BCUT2D eigenvalue weighted by Gasteiger charge is -2.26. The third kappa shape index (κ3) is 9.18. The highest BCUT2D eigenvalue weighted by Gasteiger charge is 2.20. The fourth-order valence-corrected chi connectivity index (χ4v) is 2.92. The fraction of sp³-hybridized carbons (Fsp3) is 0.941. The van der Waals surface area contributed by atoms with E-state index in [1.165, 1.54) is 45.2 Å². The standard InChI is InChI=1S/C17H36N4.HI/c1-6-7-8-10-17(2,3)14-20-16(18-4)19-12-15-9-11-21(5)13-15;/h15H,6-14H2,1-5H3,(H2,18,19,20);1H. The third-order valence-electron chi connectivity index (χ3n) is 4.46. The van der Waals surface area contributed by atoms with Crippen molar-refractivity contribution in [2.45, 2.75) is 52.9 Å². The molecule has 132 valence electrons. The smallest absolute Gasteiger partial charge is 0.191 e. The van der Waals surface area contributed by atoms with Crippen LogP contribution < -0.4 is 10.6 Å². The SMILES string of the molecule is CCCCCC(C)(C)CNC(=NC)NCC1CCN(C)C1.I. The zero-order chi connectivity index (χ0) is 15.7. The van der Waals surface area contributed by atoms with Crippen molar-refractivity contribution in [2.75, 3.05) is 40.3 Å². The highest BCUT2D eigenvalue weighted by atomic mass is 127. The zero-order valence-electron chi connectivity index (χ0n) is 15.2. The maximum absolute atomic E-state index is 4.35. The maximum Gasteiger partial charge on any atom is 0.191 e. The fourth-order valence-electron chi connectivity index (χ4n) is 2.92. The largest absolute Gasteiger partial charge is 0.356 e. The number of aliphatic imine (C=N–C) groups is 1. The second kappa shape index (κ2) is 11.5. The van der Waals surface area contributed by atoms with Crippen LogP contribution in [0.25, 0.3) is 0 Å². The molecule has 0 aliphatic carbocycles. The van der Waals surface area contributed by atoms with Gasteiger partial charge in [0.25, 0.3) is 0 Å². The van der Waals surface area contributed by atoms with Crippen LogP contribution in [-0.4, -0.2) is 51.1 Å². The Morgan fingerprint density at radius 1 is 1.27 bits per heavy atom. The minimum atomic E-state index is 0. The van der Waals surface area contributed by atoms with Crippen molar-refractivity contribution >= 4 is 29.9 Å². The summed E-state index contributed by atoms with van der Waals surface area (Å²) in [5.41, 5.74) is 0.334. The van der Waals surface area contributed by atoms with Crippen LogP contribution in [0.2, 0.25) is 0 Å². The van der Waals surface area contributed by atoms with Crippen LogP contribution in [0.5, 0.6) is 0 Å². The Morgan fingerprint density at radius 3 is 2.55 bits per heavy atom. The summed E-state index contributed by atoms with van der Waals surface area (Å²) in [7, 11) is 4.06. The van der Waals surface area contributed by atoms with E-state index in [1.807, 2.05) is 7.05 Å². The number of halogens is 1. The van der Waals surface area contributed by atoms with Crippen LogP contribution in [-0.2, 0) is 0 Å². The predicted molar refractivity (Wildman–Crippen MR) is 108 cm³/mol. The highest BCUT2D eigenvalue weighted by Crippen LogP contribution is 2.22. The molecule has 1 rings (SSSR count). The molecule has 0 aromatic carbocycles. The molecule has 1 atom stereocenters. The van der Waals surface area contributed by atoms with Crippen molar-refractivity contribution < 1.29 is 0 Å². The number of nitrogens with zero attached hydrogens (tertiary/aromatic N) is 2. The molecule has 0 saturated carbocycles. The number of hydrogen-bond donors (Lipinski definition) is 2. The Bertz CT molecular complexity index is 318. The highest BCUT2D eigenvalue weighted by molar-refractivity contribution is 14.0. The van der Waals surface area contributed by atoms with Gasteiger partial charge in [0.2, 0.25) is 0 Å². The summed E-state index contributed by atoms with van der Waals surface area (Å²) < 4.78 is 0. The zero-order valence-corrected chi connectivity index (χ0v) is 17.6. The molecule has 0 aromatic heterocycles. The number of hydrogen-bond acceptors (Lipinski definition) is 2. The van der Waals surface area contributed by atoms with Gasteiger partial charge in [0, 0.05) is 26.7 Å². The third-order valence-corrected chi connectivity index (χ3v) is 4.46. The molecule has 4 nitrogen and oxygen atoms in total. The van der Waals surface area contributed by atoms with E-state index in [2.05, 4.69) is 48.3 Å². The van der Waals surface area contributed by atoms with E-state index in [1.54, 1.807) is 0 Å². The Kier molecular flexibility index (Phi) is 11.5. The number of rotatable bonds is 8. The van der Waals surface area contributed by atoms with Gasteiger partial charge in [0.1, 0.15) is 0 Å². The van der Waals surface area contributed by atoms with Gasteiger partial charge in [0.05, 0.1) is 0 Å². The first-order valence-corrected chi connectivity index (χ1v) is 8.60. The van der Waals surface area contributed by atoms with Crippen molar-refractivity contribution in [3.8, 4) is 0 Å². The summed E-state index contributed by atoms with van der Waals surface area (Å²) in [4.78, 5) is 6.75. The van der Waals surface area contributed by atoms with E-state index in [4.69, 9.17) is 0 Å². The first kappa shape index (κ1) is 22.0. The molecule has 1 saturated heterocycles. The minimum Gasteiger partial charge on any atom is -0.356 e. The summed E-state index contributed by atoms with van der Waals surface area (Å²) in [5.74, 6) is 1.71. The maximum atomic E-state index is 4.35. The Balaban J connectivity index is 0.00000441. The number of likely N-dealkylation sites (tertiary alicyclic amines) is 1. The summed E-state index contributed by atoms with van der Waals surface area (Å²) in [6.07, 6.45) is 6.53. The van der Waals surface area contributed by atoms with Gasteiger partial charge in [-0.25, -0.2) is 0 Å². The van der Waals surface area contributed by atoms with Crippen LogP contribution in [0.4, 0.5) is 0 Å². The van der Waals surface area contributed by atoms with Crippen molar-refractivity contribution in [2.24, 2.45) is 16.3 Å². The average molecular weight is 424 g/mol. The Hall–Kier alpha value is -0.0400. The first-order valence-electron chi connectivity index (χ1n) is 8.60. The number of unbranched alkanes of at least 4 members (excludes halogenated alkanes) is 2. The van der Waals surface area contributed by atoms with Crippen LogP contribution in [0.3, 0.4) is 0 Å². The molecule has 5 heteroatoms. The van der Waals surface area contributed by atoms with Crippen molar-refractivity contribution in [3.05, 3.63) is 0 Å². The molecule has 1 heterocycles. The Labute approximate surface area is 154 Å². The van der Waals surface area contributed by atoms with Crippen molar-refractivity contribution in [1.82, 2.24) is 15.5 Å². The first-order chi connectivity index (χ1) is 9.96. The summed E-state index contributed by atoms with van der Waals surface area (Å²) in [5, 5.41) is 6.98. The summed E-state index contributed by atoms with van der Waals surface area (Å²) in [6.45, 7) is 11.4. The molecule has 2 N–H and O–H groups in total. The Morgan fingerprint density at radius 2 is 2.00 bits per heavy atom. The lowest BCUT2D eigenvalue weighted by atomic mass is 9.87. The van der Waals surface area contributed by atoms with Crippen molar-refractivity contribution in [3.63, 3.8) is 0 Å². The average Bonchev–Trinajstić information content (AvgIpc) is 2.85. The second-order valence-corrected chi connectivity index (χ2v) is 7.34. The molecular weight excluding hydrogens is 387 g/mol. The molecule has 0 spiro atoms. The van der Waals surface area contributed by atoms with Crippen LogP contribution >= 0.6 is 24.0 Å². The minimum absolute atomic E-state index is 0. The second-order valence-electron chi connectivity index (χ2n) is 7.34. The molecule has 0 aromatic rings. The predicted octanol–water partition coefficient (Wildman–Crippen LogP) is 3.33. The molecule has 1 fully saturated rings. The van der Waals surface area contributed by atoms with Gasteiger partial charge in [-0.2, -0.15) is 0 Å². The van der Waals surface area contributed by atoms with Crippen LogP contribution in [0.15, 0.2) is 4.99 Å². The van der Waals surface area contributed by atoms with Crippen LogP contribution in [0.1, 0.15) is 52.9 Å². The topological polar surface area (TPSA) is 39.7 Å². The van der Waals surface area contributed by atoms with Gasteiger partial charge >= 0.3 is 0 Å². The van der Waals surface area contributed by atoms with Gasteiger partial charge in [-0.05, 0) is 37.8 Å². The molecule has 22 heavy (non-hydrogen) atoms. The number of guanidine groups is 1. The molecule has 0 bridgehead atoms. The van der Waals surface area contributed by atoms with E-state index >= 15 is 0 Å². The van der Waals surface area contributed by atoms with E-state index in [0.29, 0.717) is 5.41 Å². The lowest BCUT2D eigenvalue weighted by Crippen LogP contribution is -2.43. The van der Waals surface area contributed by atoms with Gasteiger partial charge in [-0.15, -0.1) is 24.0 Å². The normalized spacial score (nSPS) is 19.9. The quantitative estimate of drug-likeness (QED) is 0.272. The summed E-state index contributed by atoms with van der Waals surface area (Å²) in [6, 6.07) is 0. The summed E-state index contributed by atoms with van der Waals surface area (Å²) >= 11 is 0. The molecule has 1 aliphatic rings. The lowest BCUT2D eigenvalue weighted by molar-refractivity contribution is 0.318. The van der Waals surface area contributed by atoms with E-state index in [0.717, 1.165) is 25.0 Å². The van der Waals surface area contributed by atoms with E-state index < -0.39 is 0 Å². The van der Waals surface area contributed by atoms with Gasteiger partial charge in [-0.1, -0.05) is 40.0 Å². The monoisotopic (exact) mass is 424 g/mol. The molecule has 0 amide bonds.